The maximum Gasteiger partial charge on any atom is 0.242 e. The Labute approximate surface area is 190 Å². The number of aryl methyl sites for hydroxylation is 1. The van der Waals surface area contributed by atoms with E-state index in [2.05, 4.69) is 20.5 Å². The van der Waals surface area contributed by atoms with Gasteiger partial charge in [0.2, 0.25) is 5.91 Å². The third-order valence-corrected chi connectivity index (χ3v) is 6.24. The van der Waals surface area contributed by atoms with Crippen LogP contribution < -0.4 is 10.1 Å². The lowest BCUT2D eigenvalue weighted by Crippen LogP contribution is -2.20. The molecule has 0 aliphatic rings. The number of anilines is 1. The zero-order valence-corrected chi connectivity index (χ0v) is 18.8. The fourth-order valence-corrected chi connectivity index (χ4v) is 4.30. The number of nitrogens with zero attached hydrogens (tertiary/aromatic N) is 4. The summed E-state index contributed by atoms with van der Waals surface area (Å²) in [5.41, 5.74) is 3.44. The van der Waals surface area contributed by atoms with Crippen LogP contribution in [0.3, 0.4) is 0 Å². The Morgan fingerprint density at radius 3 is 2.53 bits per heavy atom. The highest BCUT2D eigenvalue weighted by molar-refractivity contribution is 8.00. The lowest BCUT2D eigenvalue weighted by Gasteiger charge is -2.18. The highest BCUT2D eigenvalue weighted by atomic mass is 32.2. The molecule has 4 aromatic rings. The topological polar surface area (TPSA) is 81.9 Å². The van der Waals surface area contributed by atoms with E-state index in [1.165, 1.54) is 11.8 Å². The maximum absolute atomic E-state index is 13.4. The van der Waals surface area contributed by atoms with Gasteiger partial charge in [-0.2, -0.15) is 0 Å². The van der Waals surface area contributed by atoms with E-state index in [1.807, 2.05) is 79.2 Å². The fraction of sp³-hybridized carbons (Fsp3) is 0.167. The van der Waals surface area contributed by atoms with Crippen LogP contribution in [0.25, 0.3) is 11.4 Å². The number of aromatic nitrogens is 4. The summed E-state index contributed by atoms with van der Waals surface area (Å²) in [6.45, 7) is 1.97. The fourth-order valence-electron chi connectivity index (χ4n) is 3.29. The van der Waals surface area contributed by atoms with E-state index in [-0.39, 0.29) is 5.91 Å². The van der Waals surface area contributed by atoms with Gasteiger partial charge in [0.15, 0.2) is 11.0 Å². The van der Waals surface area contributed by atoms with Crippen LogP contribution in [0.1, 0.15) is 16.4 Å². The van der Waals surface area contributed by atoms with Crippen LogP contribution in [0, 0.1) is 6.92 Å². The zero-order valence-electron chi connectivity index (χ0n) is 18.0. The van der Waals surface area contributed by atoms with Gasteiger partial charge in [0.1, 0.15) is 11.0 Å². The monoisotopic (exact) mass is 445 g/mol. The summed E-state index contributed by atoms with van der Waals surface area (Å²) in [4.78, 5) is 17.5. The molecule has 0 radical (unpaired) electrons. The van der Waals surface area contributed by atoms with Crippen LogP contribution in [0.2, 0.25) is 0 Å². The van der Waals surface area contributed by atoms with Crippen molar-refractivity contribution < 1.29 is 9.53 Å². The molecule has 0 aliphatic carbocycles. The molecule has 4 rings (SSSR count). The number of thioether (sulfide) groups is 1. The average Bonchev–Trinajstić information content (AvgIpc) is 3.18. The highest BCUT2D eigenvalue weighted by Gasteiger charge is 2.26. The minimum atomic E-state index is -0.533. The third kappa shape index (κ3) is 4.65. The van der Waals surface area contributed by atoms with E-state index in [4.69, 9.17) is 4.74 Å². The lowest BCUT2D eigenvalue weighted by molar-refractivity contribution is -0.115. The van der Waals surface area contributed by atoms with Gasteiger partial charge in [0.25, 0.3) is 0 Å². The lowest BCUT2D eigenvalue weighted by atomic mass is 10.1. The molecule has 1 N–H and O–H groups in total. The quantitative estimate of drug-likeness (QED) is 0.417. The van der Waals surface area contributed by atoms with Gasteiger partial charge in [0.05, 0.1) is 12.8 Å². The van der Waals surface area contributed by atoms with Crippen molar-refractivity contribution in [3.05, 3.63) is 84.2 Å². The first kappa shape index (κ1) is 21.6. The van der Waals surface area contributed by atoms with Gasteiger partial charge in [-0.05, 0) is 42.3 Å². The van der Waals surface area contributed by atoms with Gasteiger partial charge < -0.3 is 14.6 Å². The van der Waals surface area contributed by atoms with Crippen molar-refractivity contribution in [2.75, 3.05) is 12.4 Å². The molecule has 1 amide bonds. The molecule has 0 saturated carbocycles. The van der Waals surface area contributed by atoms with Gasteiger partial charge >= 0.3 is 0 Å². The SMILES string of the molecule is COc1ccc(C)cc1NC(=O)[C@@H](Sc1nnc(-c2ccncc2)n1C)c1ccccc1. The van der Waals surface area contributed by atoms with Crippen molar-refractivity contribution >= 4 is 23.4 Å². The largest absolute Gasteiger partial charge is 0.495 e. The molecule has 8 heteroatoms. The van der Waals surface area contributed by atoms with Gasteiger partial charge in [0, 0.05) is 25.0 Å². The molecule has 0 saturated heterocycles. The van der Waals surface area contributed by atoms with Crippen LogP contribution >= 0.6 is 11.8 Å². The average molecular weight is 446 g/mol. The minimum Gasteiger partial charge on any atom is -0.495 e. The zero-order chi connectivity index (χ0) is 22.5. The summed E-state index contributed by atoms with van der Waals surface area (Å²) >= 11 is 1.35. The molecule has 0 fully saturated rings. The van der Waals surface area contributed by atoms with E-state index in [9.17, 15) is 4.79 Å². The van der Waals surface area contributed by atoms with Crippen molar-refractivity contribution in [3.8, 4) is 17.1 Å². The highest BCUT2D eigenvalue weighted by Crippen LogP contribution is 2.37. The Kier molecular flexibility index (Phi) is 6.51. The standard InChI is InChI=1S/C24H23N5O2S/c1-16-9-10-20(31-3)19(15-16)26-23(30)21(17-7-5-4-6-8-17)32-24-28-27-22(29(24)2)18-11-13-25-14-12-18/h4-15,21H,1-3H3,(H,26,30)/t21-/m0/s1. The van der Waals surface area contributed by atoms with E-state index in [0.717, 1.165) is 16.7 Å². The first-order valence-corrected chi connectivity index (χ1v) is 10.9. The summed E-state index contributed by atoms with van der Waals surface area (Å²) in [5.74, 6) is 1.15. The third-order valence-electron chi connectivity index (χ3n) is 4.95. The molecule has 162 valence electrons. The van der Waals surface area contributed by atoms with Gasteiger partial charge in [-0.3, -0.25) is 9.78 Å². The van der Waals surface area contributed by atoms with E-state index >= 15 is 0 Å². The molecule has 2 aromatic heterocycles. The number of hydrogen-bond acceptors (Lipinski definition) is 6. The molecule has 0 spiro atoms. The second-order valence-electron chi connectivity index (χ2n) is 7.20. The van der Waals surface area contributed by atoms with Gasteiger partial charge in [-0.25, -0.2) is 0 Å². The molecule has 32 heavy (non-hydrogen) atoms. The number of nitrogens with one attached hydrogen (secondary N) is 1. The molecule has 2 heterocycles. The van der Waals surface area contributed by atoms with Crippen LogP contribution in [-0.4, -0.2) is 32.8 Å². The minimum absolute atomic E-state index is 0.168. The molecule has 0 unspecified atom stereocenters. The van der Waals surface area contributed by atoms with Crippen LogP contribution in [0.4, 0.5) is 5.69 Å². The van der Waals surface area contributed by atoms with Crippen LogP contribution in [-0.2, 0) is 11.8 Å². The number of carbonyl (C=O) groups excluding carboxylic acids is 1. The van der Waals surface area contributed by atoms with E-state index in [1.54, 1.807) is 19.5 Å². The number of benzene rings is 2. The first-order valence-electron chi connectivity index (χ1n) is 10.0. The summed E-state index contributed by atoms with van der Waals surface area (Å²) in [5, 5.41) is 11.8. The first-order chi connectivity index (χ1) is 15.6. The smallest absolute Gasteiger partial charge is 0.242 e. The molecule has 7 nitrogen and oxygen atoms in total. The number of pyridine rings is 1. The van der Waals surface area contributed by atoms with Crippen molar-refractivity contribution in [3.63, 3.8) is 0 Å². The molecular weight excluding hydrogens is 422 g/mol. The van der Waals surface area contributed by atoms with Gasteiger partial charge in [-0.15, -0.1) is 10.2 Å². The Hall–Kier alpha value is -3.65. The number of methoxy groups -OCH3 is 1. The number of rotatable bonds is 7. The predicted molar refractivity (Wildman–Crippen MR) is 126 cm³/mol. The van der Waals surface area contributed by atoms with Crippen molar-refractivity contribution in [1.82, 2.24) is 19.7 Å². The Balaban J connectivity index is 1.65. The van der Waals surface area contributed by atoms with Crippen molar-refractivity contribution in [2.24, 2.45) is 7.05 Å². The van der Waals surface area contributed by atoms with E-state index < -0.39 is 5.25 Å². The van der Waals surface area contributed by atoms with E-state index in [0.29, 0.717) is 22.4 Å². The predicted octanol–water partition coefficient (Wildman–Crippen LogP) is 4.67. The molecule has 1 atom stereocenters. The Morgan fingerprint density at radius 2 is 1.81 bits per heavy atom. The van der Waals surface area contributed by atoms with Crippen molar-refractivity contribution in [2.45, 2.75) is 17.3 Å². The Bertz CT molecular complexity index is 1210. The summed E-state index contributed by atoms with van der Waals surface area (Å²) in [7, 11) is 3.48. The second-order valence-corrected chi connectivity index (χ2v) is 8.27. The van der Waals surface area contributed by atoms with Crippen LogP contribution in [0.5, 0.6) is 5.75 Å². The number of amides is 1. The van der Waals surface area contributed by atoms with Crippen molar-refractivity contribution in [1.29, 1.82) is 0 Å². The second kappa shape index (κ2) is 9.65. The number of ether oxygens (including phenoxy) is 1. The summed E-state index contributed by atoms with van der Waals surface area (Å²) in [6.07, 6.45) is 3.43. The molecule has 0 bridgehead atoms. The van der Waals surface area contributed by atoms with Crippen LogP contribution in [0.15, 0.2) is 78.2 Å². The molecular formula is C24H23N5O2S. The summed E-state index contributed by atoms with van der Waals surface area (Å²) in [6, 6.07) is 19.1. The molecule has 0 aliphatic heterocycles. The summed E-state index contributed by atoms with van der Waals surface area (Å²) < 4.78 is 7.31. The Morgan fingerprint density at radius 1 is 1.06 bits per heavy atom. The number of carbonyl (C=O) groups is 1. The van der Waals surface area contributed by atoms with Gasteiger partial charge in [-0.1, -0.05) is 48.2 Å². The molecule has 2 aromatic carbocycles. The normalized spacial score (nSPS) is 11.7. The maximum atomic E-state index is 13.4. The number of hydrogen-bond donors (Lipinski definition) is 1.